The van der Waals surface area contributed by atoms with E-state index in [-0.39, 0.29) is 5.41 Å². The van der Waals surface area contributed by atoms with Gasteiger partial charge in [0.05, 0.1) is 11.5 Å². The van der Waals surface area contributed by atoms with Crippen molar-refractivity contribution >= 4 is 0 Å². The molecular weight excluding hydrogens is 184 g/mol. The molecule has 0 aliphatic rings. The summed E-state index contributed by atoms with van der Waals surface area (Å²) in [6.45, 7) is 7.50. The van der Waals surface area contributed by atoms with E-state index in [1.165, 1.54) is 11.1 Å². The van der Waals surface area contributed by atoms with Gasteiger partial charge in [0.25, 0.3) is 0 Å². The first-order valence-electron chi connectivity index (χ1n) is 5.21. The molecule has 0 aromatic heterocycles. The lowest BCUT2D eigenvalue weighted by Crippen LogP contribution is -2.27. The molecule has 0 atom stereocenters. The van der Waals surface area contributed by atoms with Crippen molar-refractivity contribution in [1.29, 1.82) is 5.26 Å². The van der Waals surface area contributed by atoms with E-state index in [9.17, 15) is 0 Å². The molecule has 0 amide bonds. The van der Waals surface area contributed by atoms with Crippen LogP contribution >= 0.6 is 0 Å². The monoisotopic (exact) mass is 202 g/mol. The van der Waals surface area contributed by atoms with Crippen LogP contribution in [-0.4, -0.2) is 6.54 Å². The topological polar surface area (TPSA) is 35.8 Å². The van der Waals surface area contributed by atoms with Crippen LogP contribution in [0, 0.1) is 23.7 Å². The van der Waals surface area contributed by atoms with Crippen molar-refractivity contribution in [3.63, 3.8) is 0 Å². The molecule has 0 saturated heterocycles. The van der Waals surface area contributed by atoms with Gasteiger partial charge in [-0.05, 0) is 26.3 Å². The van der Waals surface area contributed by atoms with Crippen LogP contribution in [0.3, 0.4) is 0 Å². The summed E-state index contributed by atoms with van der Waals surface area (Å²) >= 11 is 0. The molecule has 0 bridgehead atoms. The van der Waals surface area contributed by atoms with E-state index in [0.717, 1.165) is 13.1 Å². The Kier molecular flexibility index (Phi) is 3.88. The molecule has 0 fully saturated rings. The van der Waals surface area contributed by atoms with Crippen molar-refractivity contribution in [3.8, 4) is 6.07 Å². The summed E-state index contributed by atoms with van der Waals surface area (Å²) in [6.07, 6.45) is 0. The van der Waals surface area contributed by atoms with Crippen molar-refractivity contribution in [2.24, 2.45) is 5.41 Å². The van der Waals surface area contributed by atoms with Gasteiger partial charge in [-0.15, -0.1) is 0 Å². The Morgan fingerprint density at radius 2 is 1.87 bits per heavy atom. The van der Waals surface area contributed by atoms with Gasteiger partial charge in [-0.1, -0.05) is 29.8 Å². The van der Waals surface area contributed by atoms with E-state index in [2.05, 4.69) is 42.6 Å². The second-order valence-electron chi connectivity index (χ2n) is 4.58. The highest BCUT2D eigenvalue weighted by atomic mass is 14.9. The van der Waals surface area contributed by atoms with Crippen molar-refractivity contribution in [2.45, 2.75) is 27.3 Å². The highest BCUT2D eigenvalue weighted by Crippen LogP contribution is 2.11. The average molecular weight is 202 g/mol. The number of hydrogen-bond acceptors (Lipinski definition) is 2. The third kappa shape index (κ3) is 4.14. The first-order valence-corrected chi connectivity index (χ1v) is 5.21. The number of nitrogens with one attached hydrogen (secondary N) is 1. The Bertz CT molecular complexity index is 344. The Morgan fingerprint density at radius 1 is 1.27 bits per heavy atom. The van der Waals surface area contributed by atoms with Crippen molar-refractivity contribution in [2.75, 3.05) is 6.54 Å². The van der Waals surface area contributed by atoms with E-state index < -0.39 is 0 Å². The summed E-state index contributed by atoms with van der Waals surface area (Å²) in [5.74, 6) is 0. The molecule has 1 aromatic rings. The Hall–Kier alpha value is -1.33. The Balaban J connectivity index is 2.39. The molecule has 1 aromatic carbocycles. The van der Waals surface area contributed by atoms with E-state index in [0.29, 0.717) is 0 Å². The predicted molar refractivity (Wildman–Crippen MR) is 62.3 cm³/mol. The molecule has 0 unspecified atom stereocenters. The summed E-state index contributed by atoms with van der Waals surface area (Å²) in [7, 11) is 0. The van der Waals surface area contributed by atoms with Crippen molar-refractivity contribution in [3.05, 3.63) is 35.4 Å². The van der Waals surface area contributed by atoms with Crippen LogP contribution < -0.4 is 5.32 Å². The van der Waals surface area contributed by atoms with Gasteiger partial charge in [-0.2, -0.15) is 5.26 Å². The van der Waals surface area contributed by atoms with Crippen molar-refractivity contribution < 1.29 is 0 Å². The van der Waals surface area contributed by atoms with Crippen LogP contribution in [0.1, 0.15) is 25.0 Å². The summed E-state index contributed by atoms with van der Waals surface area (Å²) in [4.78, 5) is 0. The second kappa shape index (κ2) is 4.95. The molecule has 0 aliphatic carbocycles. The number of aryl methyl sites for hydroxylation is 1. The number of rotatable bonds is 4. The molecule has 1 rings (SSSR count). The summed E-state index contributed by atoms with van der Waals surface area (Å²) in [6, 6.07) is 10.7. The van der Waals surface area contributed by atoms with Gasteiger partial charge in [-0.25, -0.2) is 0 Å². The molecule has 0 radical (unpaired) electrons. The van der Waals surface area contributed by atoms with E-state index in [4.69, 9.17) is 5.26 Å². The van der Waals surface area contributed by atoms with E-state index in [1.54, 1.807) is 0 Å². The van der Waals surface area contributed by atoms with Crippen molar-refractivity contribution in [1.82, 2.24) is 5.32 Å². The minimum atomic E-state index is -0.287. The standard InChI is InChI=1S/C13H18N2/c1-11-4-6-12(7-5-11)8-15-10-13(2,3)9-14/h4-7,15H,8,10H2,1-3H3. The Labute approximate surface area is 91.9 Å². The first kappa shape index (κ1) is 11.7. The third-order valence-corrected chi connectivity index (χ3v) is 2.32. The smallest absolute Gasteiger partial charge is 0.0697 e. The number of benzene rings is 1. The molecule has 0 saturated carbocycles. The second-order valence-corrected chi connectivity index (χ2v) is 4.58. The zero-order valence-electron chi connectivity index (χ0n) is 9.67. The van der Waals surface area contributed by atoms with Gasteiger partial charge in [-0.3, -0.25) is 0 Å². The SMILES string of the molecule is Cc1ccc(CNCC(C)(C)C#N)cc1. The van der Waals surface area contributed by atoms with Crippen LogP contribution in [0.25, 0.3) is 0 Å². The van der Waals surface area contributed by atoms with Gasteiger partial charge < -0.3 is 5.32 Å². The third-order valence-electron chi connectivity index (χ3n) is 2.32. The van der Waals surface area contributed by atoms with Gasteiger partial charge in [0, 0.05) is 13.1 Å². The first-order chi connectivity index (χ1) is 7.03. The maximum atomic E-state index is 8.84. The molecule has 0 spiro atoms. The van der Waals surface area contributed by atoms with Crippen LogP contribution in [0.15, 0.2) is 24.3 Å². The molecule has 80 valence electrons. The summed E-state index contributed by atoms with van der Waals surface area (Å²) in [5.41, 5.74) is 2.25. The zero-order valence-corrected chi connectivity index (χ0v) is 9.67. The lowest BCUT2D eigenvalue weighted by molar-refractivity contribution is 0.445. The lowest BCUT2D eigenvalue weighted by Gasteiger charge is -2.15. The summed E-state index contributed by atoms with van der Waals surface area (Å²) in [5, 5.41) is 12.1. The van der Waals surface area contributed by atoms with Gasteiger partial charge in [0.1, 0.15) is 0 Å². The quantitative estimate of drug-likeness (QED) is 0.814. The number of nitriles is 1. The normalized spacial score (nSPS) is 11.1. The largest absolute Gasteiger partial charge is 0.311 e. The molecule has 0 aliphatic heterocycles. The predicted octanol–water partition coefficient (Wildman–Crippen LogP) is 2.63. The Morgan fingerprint density at radius 3 is 2.40 bits per heavy atom. The minimum absolute atomic E-state index is 0.287. The van der Waals surface area contributed by atoms with Crippen LogP contribution in [0.5, 0.6) is 0 Å². The van der Waals surface area contributed by atoms with Crippen LogP contribution in [-0.2, 0) is 6.54 Å². The van der Waals surface area contributed by atoms with Crippen LogP contribution in [0.4, 0.5) is 0 Å². The molecule has 2 heteroatoms. The fourth-order valence-electron chi connectivity index (χ4n) is 1.26. The maximum absolute atomic E-state index is 8.84. The van der Waals surface area contributed by atoms with E-state index >= 15 is 0 Å². The molecule has 0 heterocycles. The highest BCUT2D eigenvalue weighted by Gasteiger charge is 2.15. The molecule has 2 nitrogen and oxygen atoms in total. The van der Waals surface area contributed by atoms with Crippen LogP contribution in [0.2, 0.25) is 0 Å². The highest BCUT2D eigenvalue weighted by molar-refractivity contribution is 5.21. The van der Waals surface area contributed by atoms with Gasteiger partial charge in [0.15, 0.2) is 0 Å². The fourth-order valence-corrected chi connectivity index (χ4v) is 1.26. The molecular formula is C13H18N2. The minimum Gasteiger partial charge on any atom is -0.311 e. The fraction of sp³-hybridized carbons (Fsp3) is 0.462. The molecule has 1 N–H and O–H groups in total. The number of hydrogen-bond donors (Lipinski definition) is 1. The van der Waals surface area contributed by atoms with Gasteiger partial charge >= 0.3 is 0 Å². The molecule has 15 heavy (non-hydrogen) atoms. The van der Waals surface area contributed by atoms with E-state index in [1.807, 2.05) is 13.8 Å². The zero-order chi connectivity index (χ0) is 11.3. The average Bonchev–Trinajstić information content (AvgIpc) is 2.21. The maximum Gasteiger partial charge on any atom is 0.0697 e. The lowest BCUT2D eigenvalue weighted by atomic mass is 9.96. The van der Waals surface area contributed by atoms with Gasteiger partial charge in [0.2, 0.25) is 0 Å². The number of nitrogens with zero attached hydrogens (tertiary/aromatic N) is 1. The summed E-state index contributed by atoms with van der Waals surface area (Å²) < 4.78 is 0.